The molecule has 3 aromatic rings. The van der Waals surface area contributed by atoms with Crippen LogP contribution in [0.3, 0.4) is 0 Å². The van der Waals surface area contributed by atoms with E-state index < -0.39 is 5.97 Å². The molecule has 0 atom stereocenters. The van der Waals surface area contributed by atoms with Gasteiger partial charge in [-0.1, -0.05) is 69.7 Å². The summed E-state index contributed by atoms with van der Waals surface area (Å²) < 4.78 is 5.83. The number of benzene rings is 2. The van der Waals surface area contributed by atoms with Gasteiger partial charge in [-0.25, -0.2) is 0 Å². The molecule has 178 valence electrons. The Bertz CT molecular complexity index is 1120. The molecule has 34 heavy (non-hydrogen) atoms. The van der Waals surface area contributed by atoms with E-state index in [9.17, 15) is 14.4 Å². The molecule has 3 rings (SSSR count). The largest absolute Gasteiger partial charge is 0.466 e. The highest BCUT2D eigenvalue weighted by atomic mass is 79.9. The Morgan fingerprint density at radius 3 is 2.56 bits per heavy atom. The van der Waals surface area contributed by atoms with Crippen LogP contribution in [0, 0.1) is 0 Å². The van der Waals surface area contributed by atoms with Gasteiger partial charge in [0.2, 0.25) is 16.9 Å². The Labute approximate surface area is 210 Å². The number of amides is 2. The van der Waals surface area contributed by atoms with Crippen molar-refractivity contribution < 1.29 is 19.1 Å². The Kier molecular flexibility index (Phi) is 9.72. The summed E-state index contributed by atoms with van der Waals surface area (Å²) >= 11 is 4.71. The number of nitrogens with one attached hydrogen (secondary N) is 1. The first-order valence-corrected chi connectivity index (χ1v) is 12.4. The lowest BCUT2D eigenvalue weighted by Gasteiger charge is -2.22. The van der Waals surface area contributed by atoms with Crippen LogP contribution in [0.2, 0.25) is 0 Å². The molecule has 2 aromatic carbocycles. The molecule has 1 N–H and O–H groups in total. The fraction of sp³-hybridized carbons (Fsp3) is 0.292. The Morgan fingerprint density at radius 2 is 1.82 bits per heavy atom. The quantitative estimate of drug-likeness (QED) is 0.352. The topological polar surface area (TPSA) is 101 Å². The van der Waals surface area contributed by atoms with Gasteiger partial charge in [-0.2, -0.15) is 0 Å². The zero-order valence-corrected chi connectivity index (χ0v) is 21.1. The first-order chi connectivity index (χ1) is 16.4. The van der Waals surface area contributed by atoms with Crippen LogP contribution in [0.15, 0.2) is 59.1 Å². The zero-order chi connectivity index (χ0) is 24.3. The minimum Gasteiger partial charge on any atom is -0.466 e. The summed E-state index contributed by atoms with van der Waals surface area (Å²) in [6.07, 6.45) is 0.122. The number of anilines is 1. The first-order valence-electron chi connectivity index (χ1n) is 10.8. The summed E-state index contributed by atoms with van der Waals surface area (Å²) in [6, 6.07) is 17.2. The lowest BCUT2D eigenvalue weighted by Crippen LogP contribution is -2.33. The lowest BCUT2D eigenvalue weighted by molar-refractivity contribution is -0.146. The predicted molar refractivity (Wildman–Crippen MR) is 134 cm³/mol. The van der Waals surface area contributed by atoms with Gasteiger partial charge >= 0.3 is 5.97 Å². The number of carbonyl (C=O) groups excluding carboxylic acids is 3. The van der Waals surface area contributed by atoms with E-state index >= 15 is 0 Å². The van der Waals surface area contributed by atoms with Crippen molar-refractivity contribution >= 4 is 50.2 Å². The fourth-order valence-electron chi connectivity index (χ4n) is 3.13. The van der Waals surface area contributed by atoms with Gasteiger partial charge < -0.3 is 15.0 Å². The SMILES string of the molecule is CCOC(=O)CCC(=O)N(CCC(=O)Nc1nnc(-c2cccc(Br)c2)s1)Cc1ccccc1. The van der Waals surface area contributed by atoms with Crippen LogP contribution < -0.4 is 5.32 Å². The van der Waals surface area contributed by atoms with Crippen molar-refractivity contribution in [2.45, 2.75) is 32.7 Å². The molecule has 0 spiro atoms. The molecule has 0 saturated carbocycles. The number of nitrogens with zero attached hydrogens (tertiary/aromatic N) is 3. The maximum atomic E-state index is 12.8. The Balaban J connectivity index is 1.58. The van der Waals surface area contributed by atoms with Crippen molar-refractivity contribution in [2.24, 2.45) is 0 Å². The van der Waals surface area contributed by atoms with E-state index in [-0.39, 0.29) is 44.2 Å². The van der Waals surface area contributed by atoms with E-state index in [1.165, 1.54) is 11.3 Å². The standard InChI is InChI=1S/C24H25BrN4O4S/c1-2-33-22(32)12-11-21(31)29(16-17-7-4-3-5-8-17)14-13-20(30)26-24-28-27-23(34-24)18-9-6-10-19(25)15-18/h3-10,15H,2,11-14,16H2,1H3,(H,26,28,30). The normalized spacial score (nSPS) is 10.5. The van der Waals surface area contributed by atoms with E-state index in [2.05, 4.69) is 31.4 Å². The maximum absolute atomic E-state index is 12.8. The first kappa shape index (κ1) is 25.5. The van der Waals surface area contributed by atoms with Crippen LogP contribution in [0.4, 0.5) is 5.13 Å². The molecule has 2 amide bonds. The number of ether oxygens (including phenoxy) is 1. The van der Waals surface area contributed by atoms with E-state index in [0.717, 1.165) is 15.6 Å². The molecule has 1 aromatic heterocycles. The van der Waals surface area contributed by atoms with Crippen LogP contribution in [-0.2, 0) is 25.7 Å². The second kappa shape index (κ2) is 13.0. The van der Waals surface area contributed by atoms with Crippen molar-refractivity contribution in [2.75, 3.05) is 18.5 Å². The number of esters is 1. The number of hydrogen-bond donors (Lipinski definition) is 1. The summed E-state index contributed by atoms with van der Waals surface area (Å²) in [7, 11) is 0. The highest BCUT2D eigenvalue weighted by molar-refractivity contribution is 9.10. The molecule has 10 heteroatoms. The van der Waals surface area contributed by atoms with Gasteiger partial charge in [0.25, 0.3) is 0 Å². The summed E-state index contributed by atoms with van der Waals surface area (Å²) in [4.78, 5) is 38.6. The number of rotatable bonds is 11. The van der Waals surface area contributed by atoms with E-state index in [1.807, 2.05) is 54.6 Å². The van der Waals surface area contributed by atoms with Crippen LogP contribution in [0.25, 0.3) is 10.6 Å². The molecule has 0 fully saturated rings. The van der Waals surface area contributed by atoms with Gasteiger partial charge in [0.1, 0.15) is 5.01 Å². The minimum absolute atomic E-state index is 0.00726. The molecular weight excluding hydrogens is 520 g/mol. The summed E-state index contributed by atoms with van der Waals surface area (Å²) in [5.41, 5.74) is 1.84. The van der Waals surface area contributed by atoms with Crippen LogP contribution >= 0.6 is 27.3 Å². The van der Waals surface area contributed by atoms with Gasteiger partial charge in [-0.05, 0) is 24.6 Å². The van der Waals surface area contributed by atoms with Gasteiger partial charge in [-0.15, -0.1) is 10.2 Å². The second-order valence-corrected chi connectivity index (χ2v) is 9.22. The van der Waals surface area contributed by atoms with Crippen LogP contribution in [0.1, 0.15) is 31.7 Å². The van der Waals surface area contributed by atoms with E-state index in [1.54, 1.807) is 11.8 Å². The highest BCUT2D eigenvalue weighted by Crippen LogP contribution is 2.28. The number of halogens is 1. The zero-order valence-electron chi connectivity index (χ0n) is 18.7. The molecule has 8 nitrogen and oxygen atoms in total. The molecular formula is C24H25BrN4O4S. The Hall–Kier alpha value is -3.11. The molecule has 0 aliphatic heterocycles. The van der Waals surface area contributed by atoms with Gasteiger partial charge in [0.05, 0.1) is 13.0 Å². The predicted octanol–water partition coefficient (Wildman–Crippen LogP) is 4.67. The second-order valence-electron chi connectivity index (χ2n) is 7.33. The molecule has 0 aliphatic carbocycles. The van der Waals surface area contributed by atoms with Crippen molar-refractivity contribution in [1.29, 1.82) is 0 Å². The molecule has 1 heterocycles. The minimum atomic E-state index is -0.411. The fourth-order valence-corrected chi connectivity index (χ4v) is 4.28. The Morgan fingerprint density at radius 1 is 1.03 bits per heavy atom. The van der Waals surface area contributed by atoms with E-state index in [0.29, 0.717) is 16.7 Å². The van der Waals surface area contributed by atoms with Crippen molar-refractivity contribution in [3.63, 3.8) is 0 Å². The number of aromatic nitrogens is 2. The third kappa shape index (κ3) is 8.03. The lowest BCUT2D eigenvalue weighted by atomic mass is 10.2. The van der Waals surface area contributed by atoms with E-state index in [4.69, 9.17) is 4.74 Å². The van der Waals surface area contributed by atoms with Gasteiger partial charge in [0, 0.05) is 36.0 Å². The molecule has 0 unspecified atom stereocenters. The van der Waals surface area contributed by atoms with Gasteiger partial charge in [0.15, 0.2) is 0 Å². The van der Waals surface area contributed by atoms with Gasteiger partial charge in [-0.3, -0.25) is 14.4 Å². The summed E-state index contributed by atoms with van der Waals surface area (Å²) in [5, 5.41) is 12.0. The molecule has 0 aliphatic rings. The van der Waals surface area contributed by atoms with Crippen molar-refractivity contribution in [3.8, 4) is 10.6 Å². The third-order valence-corrected chi connectivity index (χ3v) is 6.15. The summed E-state index contributed by atoms with van der Waals surface area (Å²) in [5.74, 6) is -0.892. The molecule has 0 saturated heterocycles. The smallest absolute Gasteiger partial charge is 0.306 e. The monoisotopic (exact) mass is 544 g/mol. The third-order valence-electron chi connectivity index (χ3n) is 4.77. The highest BCUT2D eigenvalue weighted by Gasteiger charge is 2.18. The van der Waals surface area contributed by atoms with Crippen molar-refractivity contribution in [1.82, 2.24) is 15.1 Å². The summed E-state index contributed by atoms with van der Waals surface area (Å²) in [6.45, 7) is 2.55. The molecule has 0 bridgehead atoms. The van der Waals surface area contributed by atoms with Crippen LogP contribution in [0.5, 0.6) is 0 Å². The molecule has 0 radical (unpaired) electrons. The number of hydrogen-bond acceptors (Lipinski definition) is 7. The number of carbonyl (C=O) groups is 3. The average Bonchev–Trinajstić information content (AvgIpc) is 3.29. The maximum Gasteiger partial charge on any atom is 0.306 e. The van der Waals surface area contributed by atoms with Crippen molar-refractivity contribution in [3.05, 3.63) is 64.6 Å². The average molecular weight is 545 g/mol. The van der Waals surface area contributed by atoms with Crippen LogP contribution in [-0.4, -0.2) is 46.0 Å².